The van der Waals surface area contributed by atoms with E-state index in [1.54, 1.807) is 19.1 Å². The number of aromatic nitrogens is 1. The van der Waals surface area contributed by atoms with E-state index < -0.39 is 29.2 Å². The highest BCUT2D eigenvalue weighted by molar-refractivity contribution is 5.87. The Bertz CT molecular complexity index is 1040. The van der Waals surface area contributed by atoms with Gasteiger partial charge in [0, 0.05) is 24.1 Å². The molecule has 1 aliphatic carbocycles. The van der Waals surface area contributed by atoms with Gasteiger partial charge >= 0.3 is 5.97 Å². The predicted molar refractivity (Wildman–Crippen MR) is 107 cm³/mol. The monoisotopic (exact) mass is 401 g/mol. The van der Waals surface area contributed by atoms with Crippen molar-refractivity contribution >= 4 is 16.9 Å². The summed E-state index contributed by atoms with van der Waals surface area (Å²) in [6.45, 7) is 6.58. The standard InChI is InChI=1S/C22H27NO6/c1-12(24)28-11-23-15-8-6-5-7-13(15)18-17(20(23)26)16-14(21(2,3)29-18)9-10-22(4,27)19(16)25/h5-8,14,16,19,25,27H,9-11H2,1-4H3/t14-,16-,19+,22+/m0/s1. The highest BCUT2D eigenvalue weighted by Gasteiger charge is 2.55. The van der Waals surface area contributed by atoms with Gasteiger partial charge in [0.15, 0.2) is 6.73 Å². The molecule has 4 rings (SSSR count). The largest absolute Gasteiger partial charge is 0.486 e. The van der Waals surface area contributed by atoms with Crippen LogP contribution < -0.4 is 10.3 Å². The van der Waals surface area contributed by atoms with Crippen LogP contribution in [0.25, 0.3) is 10.9 Å². The van der Waals surface area contributed by atoms with Gasteiger partial charge in [0.05, 0.1) is 22.8 Å². The van der Waals surface area contributed by atoms with Gasteiger partial charge in [-0.25, -0.2) is 0 Å². The Hall–Kier alpha value is -2.38. The average Bonchev–Trinajstić information content (AvgIpc) is 2.63. The predicted octanol–water partition coefficient (Wildman–Crippen LogP) is 2.30. The first-order valence-electron chi connectivity index (χ1n) is 9.93. The van der Waals surface area contributed by atoms with Crippen molar-refractivity contribution in [1.82, 2.24) is 4.57 Å². The zero-order valence-electron chi connectivity index (χ0n) is 17.1. The SMILES string of the molecule is CC(=O)OCn1c(=O)c2c(c3ccccc31)OC(C)(C)[C@H]1CC[C@@](C)(O)[C@H](O)[C@H]21. The Morgan fingerprint density at radius 1 is 1.31 bits per heavy atom. The molecule has 156 valence electrons. The molecule has 0 amide bonds. The lowest BCUT2D eigenvalue weighted by Crippen LogP contribution is -2.58. The van der Waals surface area contributed by atoms with Gasteiger partial charge in [-0.1, -0.05) is 12.1 Å². The summed E-state index contributed by atoms with van der Waals surface area (Å²) >= 11 is 0. The Balaban J connectivity index is 2.02. The third-order valence-corrected chi connectivity index (χ3v) is 6.52. The Labute approximate surface area is 168 Å². The zero-order chi connectivity index (χ0) is 21.1. The van der Waals surface area contributed by atoms with Crippen LogP contribution in [0.3, 0.4) is 0 Å². The van der Waals surface area contributed by atoms with Crippen LogP contribution in [-0.2, 0) is 16.3 Å². The van der Waals surface area contributed by atoms with E-state index in [9.17, 15) is 19.8 Å². The van der Waals surface area contributed by atoms with Crippen molar-refractivity contribution in [2.45, 2.75) is 70.5 Å². The molecular formula is C22H27NO6. The van der Waals surface area contributed by atoms with Crippen LogP contribution in [0.15, 0.2) is 29.1 Å². The first kappa shape index (κ1) is 19.9. The van der Waals surface area contributed by atoms with Crippen LogP contribution in [0.4, 0.5) is 0 Å². The molecule has 4 atom stereocenters. The molecule has 0 radical (unpaired) electrons. The van der Waals surface area contributed by atoms with E-state index in [-0.39, 0.29) is 18.2 Å². The van der Waals surface area contributed by atoms with E-state index in [4.69, 9.17) is 9.47 Å². The fourth-order valence-corrected chi connectivity index (χ4v) is 4.95. The van der Waals surface area contributed by atoms with Crippen LogP contribution in [0.2, 0.25) is 0 Å². The van der Waals surface area contributed by atoms with Crippen LogP contribution in [0, 0.1) is 5.92 Å². The number of pyridine rings is 1. The number of benzene rings is 1. The summed E-state index contributed by atoms with van der Waals surface area (Å²) in [5, 5.41) is 22.5. The Morgan fingerprint density at radius 3 is 2.69 bits per heavy atom. The maximum atomic E-state index is 13.6. The van der Waals surface area contributed by atoms with Crippen molar-refractivity contribution in [1.29, 1.82) is 0 Å². The van der Waals surface area contributed by atoms with Gasteiger partial charge in [-0.3, -0.25) is 14.2 Å². The van der Waals surface area contributed by atoms with E-state index in [0.29, 0.717) is 35.1 Å². The van der Waals surface area contributed by atoms with E-state index in [0.717, 1.165) is 0 Å². The third-order valence-electron chi connectivity index (χ3n) is 6.52. The first-order valence-corrected chi connectivity index (χ1v) is 9.93. The first-order chi connectivity index (χ1) is 13.5. The average molecular weight is 401 g/mol. The molecule has 0 saturated heterocycles. The fourth-order valence-electron chi connectivity index (χ4n) is 4.95. The lowest BCUT2D eigenvalue weighted by molar-refractivity contribution is -0.145. The molecule has 0 bridgehead atoms. The second-order valence-electron chi connectivity index (χ2n) is 8.94. The molecule has 2 aromatic rings. The lowest BCUT2D eigenvalue weighted by Gasteiger charge is -2.52. The zero-order valence-corrected chi connectivity index (χ0v) is 17.1. The van der Waals surface area contributed by atoms with Crippen LogP contribution in [0.5, 0.6) is 5.75 Å². The summed E-state index contributed by atoms with van der Waals surface area (Å²) in [4.78, 5) is 24.9. The van der Waals surface area contributed by atoms with Gasteiger partial charge in [0.2, 0.25) is 0 Å². The van der Waals surface area contributed by atoms with Crippen molar-refractivity contribution in [3.8, 4) is 5.75 Å². The van der Waals surface area contributed by atoms with Gasteiger partial charge in [-0.2, -0.15) is 0 Å². The summed E-state index contributed by atoms with van der Waals surface area (Å²) in [7, 11) is 0. The minimum atomic E-state index is -1.30. The number of hydrogen-bond donors (Lipinski definition) is 2. The Kier molecular flexibility index (Phi) is 4.51. The van der Waals surface area contributed by atoms with E-state index >= 15 is 0 Å². The molecule has 2 N–H and O–H groups in total. The molecule has 2 aliphatic rings. The molecule has 7 nitrogen and oxygen atoms in total. The number of carbonyl (C=O) groups is 1. The molecule has 2 heterocycles. The topological polar surface area (TPSA) is 98.0 Å². The van der Waals surface area contributed by atoms with Gasteiger partial charge in [0.25, 0.3) is 5.56 Å². The van der Waals surface area contributed by atoms with Gasteiger partial charge in [0.1, 0.15) is 11.4 Å². The highest BCUT2D eigenvalue weighted by Crippen LogP contribution is 2.54. The number of esters is 1. The van der Waals surface area contributed by atoms with Crippen molar-refractivity contribution in [2.75, 3.05) is 0 Å². The number of aliphatic hydroxyl groups excluding tert-OH is 1. The molecule has 0 unspecified atom stereocenters. The van der Waals surface area contributed by atoms with Gasteiger partial charge in [-0.05, 0) is 45.7 Å². The quantitative estimate of drug-likeness (QED) is 0.750. The van der Waals surface area contributed by atoms with Crippen LogP contribution >= 0.6 is 0 Å². The minimum absolute atomic E-state index is 0.138. The number of fused-ring (bicyclic) bond motifs is 5. The molecule has 1 aliphatic heterocycles. The van der Waals surface area contributed by atoms with Crippen molar-refractivity contribution in [3.63, 3.8) is 0 Å². The number of nitrogens with zero attached hydrogens (tertiary/aromatic N) is 1. The third kappa shape index (κ3) is 3.04. The van der Waals surface area contributed by atoms with E-state index in [1.165, 1.54) is 11.5 Å². The molecule has 29 heavy (non-hydrogen) atoms. The van der Waals surface area contributed by atoms with Crippen molar-refractivity contribution in [2.24, 2.45) is 5.92 Å². The minimum Gasteiger partial charge on any atom is -0.486 e. The number of carbonyl (C=O) groups excluding carboxylic acids is 1. The van der Waals surface area contributed by atoms with Crippen LogP contribution in [0.1, 0.15) is 52.0 Å². The summed E-state index contributed by atoms with van der Waals surface area (Å²) in [5.74, 6) is -0.776. The number of ether oxygens (including phenoxy) is 2. The Morgan fingerprint density at radius 2 is 2.00 bits per heavy atom. The number of aliphatic hydroxyl groups is 2. The molecule has 1 aromatic carbocycles. The van der Waals surface area contributed by atoms with E-state index in [2.05, 4.69) is 0 Å². The maximum absolute atomic E-state index is 13.6. The molecule has 1 aromatic heterocycles. The lowest BCUT2D eigenvalue weighted by atomic mass is 9.61. The normalized spacial score (nSPS) is 30.2. The summed E-state index contributed by atoms with van der Waals surface area (Å²) < 4.78 is 12.9. The van der Waals surface area contributed by atoms with Gasteiger partial charge < -0.3 is 19.7 Å². The summed E-state index contributed by atoms with van der Waals surface area (Å²) in [5.41, 5.74) is -1.37. The second-order valence-corrected chi connectivity index (χ2v) is 8.94. The maximum Gasteiger partial charge on any atom is 0.304 e. The molecular weight excluding hydrogens is 374 g/mol. The fraction of sp³-hybridized carbons (Fsp3) is 0.545. The van der Waals surface area contributed by atoms with Crippen molar-refractivity contribution < 1.29 is 24.5 Å². The number of hydrogen-bond acceptors (Lipinski definition) is 6. The summed E-state index contributed by atoms with van der Waals surface area (Å²) in [6, 6.07) is 7.27. The molecule has 0 spiro atoms. The smallest absolute Gasteiger partial charge is 0.304 e. The molecule has 1 fully saturated rings. The number of rotatable bonds is 2. The highest BCUT2D eigenvalue weighted by atomic mass is 16.5. The van der Waals surface area contributed by atoms with Crippen molar-refractivity contribution in [3.05, 3.63) is 40.2 Å². The molecule has 1 saturated carbocycles. The number of para-hydroxylation sites is 1. The molecule has 7 heteroatoms. The second kappa shape index (κ2) is 6.57. The summed E-state index contributed by atoms with van der Waals surface area (Å²) in [6.07, 6.45) is -0.0662. The van der Waals surface area contributed by atoms with Gasteiger partial charge in [-0.15, -0.1) is 0 Å². The van der Waals surface area contributed by atoms with E-state index in [1.807, 2.05) is 26.0 Å². The van der Waals surface area contributed by atoms with Crippen LogP contribution in [-0.4, -0.2) is 38.1 Å².